The zero-order valence-electron chi connectivity index (χ0n) is 24.8. The zero-order valence-corrected chi connectivity index (χ0v) is 25.6. The Morgan fingerprint density at radius 2 is 1.56 bits per heavy atom. The number of carbonyl (C=O) groups excluding carboxylic acids is 2. The van der Waals surface area contributed by atoms with Crippen molar-refractivity contribution < 1.29 is 22.7 Å². The van der Waals surface area contributed by atoms with Gasteiger partial charge in [-0.3, -0.25) is 13.9 Å². The summed E-state index contributed by atoms with van der Waals surface area (Å²) in [5.41, 5.74) is 3.83. The Labute approximate surface area is 244 Å². The van der Waals surface area contributed by atoms with E-state index in [1.165, 1.54) is 24.1 Å². The molecule has 3 aromatic rings. The Morgan fingerprint density at radius 3 is 2.17 bits per heavy atom. The van der Waals surface area contributed by atoms with Crippen LogP contribution >= 0.6 is 0 Å². The molecular weight excluding hydrogens is 538 g/mol. The highest BCUT2D eigenvalue weighted by molar-refractivity contribution is 7.92. The van der Waals surface area contributed by atoms with Crippen molar-refractivity contribution in [3.05, 3.63) is 89.0 Å². The molecule has 41 heavy (non-hydrogen) atoms. The molecule has 0 bridgehead atoms. The number of sulfonamides is 1. The number of ether oxygens (including phenoxy) is 1. The van der Waals surface area contributed by atoms with E-state index in [1.807, 2.05) is 65.0 Å². The molecule has 0 spiro atoms. The molecule has 0 aliphatic carbocycles. The number of anilines is 1. The first-order valence-corrected chi connectivity index (χ1v) is 15.3. The molecule has 0 radical (unpaired) electrons. The third-order valence-corrected chi connectivity index (χ3v) is 8.64. The third kappa shape index (κ3) is 7.88. The topological polar surface area (TPSA) is 96.0 Å². The Bertz CT molecular complexity index is 1450. The number of nitrogens with zero attached hydrogens (tertiary/aromatic N) is 2. The van der Waals surface area contributed by atoms with Gasteiger partial charge in [-0.15, -0.1) is 0 Å². The van der Waals surface area contributed by atoms with Crippen LogP contribution in [0.1, 0.15) is 48.9 Å². The Balaban J connectivity index is 2.12. The predicted octanol–water partition coefficient (Wildman–Crippen LogP) is 5.15. The second kappa shape index (κ2) is 14.2. The lowest BCUT2D eigenvalue weighted by molar-refractivity contribution is -0.140. The minimum absolute atomic E-state index is 0.0532. The van der Waals surface area contributed by atoms with Gasteiger partial charge < -0.3 is 15.0 Å². The molecule has 0 saturated heterocycles. The normalized spacial score (nSPS) is 12.0. The zero-order chi connectivity index (χ0) is 30.2. The summed E-state index contributed by atoms with van der Waals surface area (Å²) in [6.07, 6.45) is 1.12. The van der Waals surface area contributed by atoms with Gasteiger partial charge in [0, 0.05) is 13.1 Å². The molecule has 1 atom stereocenters. The van der Waals surface area contributed by atoms with Crippen molar-refractivity contribution in [1.29, 1.82) is 0 Å². The van der Waals surface area contributed by atoms with Crippen LogP contribution in [0.4, 0.5) is 5.69 Å². The second-order valence-corrected chi connectivity index (χ2v) is 12.1. The van der Waals surface area contributed by atoms with E-state index in [4.69, 9.17) is 4.74 Å². The molecule has 220 valence electrons. The highest BCUT2D eigenvalue weighted by atomic mass is 32.2. The molecule has 0 aromatic heterocycles. The lowest BCUT2D eigenvalue weighted by Crippen LogP contribution is -2.52. The molecule has 0 fully saturated rings. The summed E-state index contributed by atoms with van der Waals surface area (Å²) in [5.74, 6) is -0.447. The van der Waals surface area contributed by atoms with E-state index in [2.05, 4.69) is 5.32 Å². The molecule has 0 aliphatic rings. The van der Waals surface area contributed by atoms with Gasteiger partial charge in [-0.25, -0.2) is 8.42 Å². The Kier molecular flexibility index (Phi) is 10.9. The molecule has 0 aliphatic heterocycles. The summed E-state index contributed by atoms with van der Waals surface area (Å²) in [5, 5.41) is 2.90. The van der Waals surface area contributed by atoms with Gasteiger partial charge in [-0.1, -0.05) is 67.4 Å². The van der Waals surface area contributed by atoms with Crippen molar-refractivity contribution in [2.75, 3.05) is 24.5 Å². The number of carbonyl (C=O) groups is 2. The fourth-order valence-electron chi connectivity index (χ4n) is 4.64. The van der Waals surface area contributed by atoms with Gasteiger partial charge in [0.2, 0.25) is 11.8 Å². The van der Waals surface area contributed by atoms with Crippen LogP contribution in [0.3, 0.4) is 0 Å². The first-order valence-electron chi connectivity index (χ1n) is 13.9. The quantitative estimate of drug-likeness (QED) is 0.302. The average molecular weight is 580 g/mol. The minimum Gasteiger partial charge on any atom is -0.495 e. The van der Waals surface area contributed by atoms with Crippen LogP contribution in [-0.4, -0.2) is 51.4 Å². The number of methoxy groups -OCH3 is 1. The number of benzene rings is 3. The molecule has 0 unspecified atom stereocenters. The minimum atomic E-state index is -4.19. The lowest BCUT2D eigenvalue weighted by atomic mass is 10.1. The monoisotopic (exact) mass is 579 g/mol. The predicted molar refractivity (Wildman–Crippen MR) is 163 cm³/mol. The van der Waals surface area contributed by atoms with Gasteiger partial charge in [0.25, 0.3) is 10.0 Å². The number of amides is 2. The van der Waals surface area contributed by atoms with Crippen molar-refractivity contribution in [2.45, 2.75) is 64.9 Å². The third-order valence-electron chi connectivity index (χ3n) is 6.86. The number of nitrogens with one attached hydrogen (secondary N) is 1. The molecule has 8 nitrogen and oxygen atoms in total. The maximum Gasteiger partial charge on any atom is 0.264 e. The van der Waals surface area contributed by atoms with Crippen LogP contribution in [0.25, 0.3) is 0 Å². The second-order valence-electron chi connectivity index (χ2n) is 10.2. The van der Waals surface area contributed by atoms with Crippen LogP contribution in [0, 0.1) is 20.8 Å². The molecule has 3 rings (SSSR count). The smallest absolute Gasteiger partial charge is 0.264 e. The first-order chi connectivity index (χ1) is 19.5. The fourth-order valence-corrected chi connectivity index (χ4v) is 6.05. The summed E-state index contributed by atoms with van der Waals surface area (Å²) >= 11 is 0. The molecule has 0 saturated carbocycles. The molecule has 9 heteroatoms. The van der Waals surface area contributed by atoms with Crippen molar-refractivity contribution >= 4 is 27.5 Å². The molecular formula is C32H41N3O5S. The van der Waals surface area contributed by atoms with Gasteiger partial charge in [0.1, 0.15) is 18.3 Å². The molecule has 2 amide bonds. The summed E-state index contributed by atoms with van der Waals surface area (Å²) in [6, 6.07) is 18.6. The number of aryl methyl sites for hydroxylation is 3. The Morgan fingerprint density at radius 1 is 0.902 bits per heavy atom. The van der Waals surface area contributed by atoms with Gasteiger partial charge >= 0.3 is 0 Å². The molecule has 3 aromatic carbocycles. The van der Waals surface area contributed by atoms with E-state index in [0.717, 1.165) is 33.0 Å². The van der Waals surface area contributed by atoms with E-state index in [0.29, 0.717) is 18.7 Å². The largest absolute Gasteiger partial charge is 0.495 e. The van der Waals surface area contributed by atoms with Gasteiger partial charge in [0.05, 0.1) is 17.7 Å². The SMILES string of the molecule is CCCNC(=O)[C@H](CC)N(Cc1cccc(C)c1)C(=O)CN(c1cc(C)ccc1OC)S(=O)(=O)c1ccc(C)cc1. The maximum absolute atomic E-state index is 14.2. The average Bonchev–Trinajstić information content (AvgIpc) is 2.94. The number of hydrogen-bond donors (Lipinski definition) is 1. The van der Waals surface area contributed by atoms with E-state index in [9.17, 15) is 18.0 Å². The van der Waals surface area contributed by atoms with Crippen LogP contribution in [0.2, 0.25) is 0 Å². The summed E-state index contributed by atoms with van der Waals surface area (Å²) in [6.45, 7) is 9.60. The van der Waals surface area contributed by atoms with Gasteiger partial charge in [-0.2, -0.15) is 0 Å². The Hall–Kier alpha value is -3.85. The fraction of sp³-hybridized carbons (Fsp3) is 0.375. The molecule has 1 N–H and O–H groups in total. The highest BCUT2D eigenvalue weighted by Gasteiger charge is 2.34. The highest BCUT2D eigenvalue weighted by Crippen LogP contribution is 2.34. The summed E-state index contributed by atoms with van der Waals surface area (Å²) in [4.78, 5) is 29.0. The van der Waals surface area contributed by atoms with E-state index < -0.39 is 28.5 Å². The maximum atomic E-state index is 14.2. The van der Waals surface area contributed by atoms with E-state index >= 15 is 0 Å². The van der Waals surface area contributed by atoms with Gasteiger partial charge in [-0.05, 0) is 69.0 Å². The van der Waals surface area contributed by atoms with E-state index in [1.54, 1.807) is 24.3 Å². The van der Waals surface area contributed by atoms with Crippen LogP contribution < -0.4 is 14.4 Å². The van der Waals surface area contributed by atoms with Crippen LogP contribution in [-0.2, 0) is 26.2 Å². The van der Waals surface area contributed by atoms with Crippen LogP contribution in [0.5, 0.6) is 5.75 Å². The first kappa shape index (κ1) is 31.7. The van der Waals surface area contributed by atoms with Crippen molar-refractivity contribution in [3.63, 3.8) is 0 Å². The summed E-state index contributed by atoms with van der Waals surface area (Å²) in [7, 11) is -2.73. The van der Waals surface area contributed by atoms with Crippen molar-refractivity contribution in [1.82, 2.24) is 10.2 Å². The van der Waals surface area contributed by atoms with Crippen LogP contribution in [0.15, 0.2) is 71.6 Å². The van der Waals surface area contributed by atoms with E-state index in [-0.39, 0.29) is 23.0 Å². The lowest BCUT2D eigenvalue weighted by Gasteiger charge is -2.33. The van der Waals surface area contributed by atoms with Crippen molar-refractivity contribution in [2.24, 2.45) is 0 Å². The van der Waals surface area contributed by atoms with Gasteiger partial charge in [0.15, 0.2) is 0 Å². The van der Waals surface area contributed by atoms with Crippen molar-refractivity contribution in [3.8, 4) is 5.75 Å². The number of hydrogen-bond acceptors (Lipinski definition) is 5. The standard InChI is InChI=1S/C32H41N3O5S/c1-7-18-33-32(37)28(8-2)34(21-26-11-9-10-24(4)19-26)31(36)22-35(29-20-25(5)14-17-30(29)40-6)41(38,39)27-15-12-23(3)13-16-27/h9-17,19-20,28H,7-8,18,21-22H2,1-6H3,(H,33,37)/t28-/m0/s1. The molecule has 0 heterocycles. The summed E-state index contributed by atoms with van der Waals surface area (Å²) < 4.78 is 34.9. The number of rotatable bonds is 13.